The molecule has 98 heavy (non-hydrogen) atoms. The van der Waals surface area contributed by atoms with E-state index in [2.05, 4.69) is 225 Å². The number of nitrogens with zero attached hydrogens (tertiary/aromatic N) is 5. The van der Waals surface area contributed by atoms with Gasteiger partial charge in [0, 0.05) is 85.5 Å². The maximum absolute atomic E-state index is 12.5. The van der Waals surface area contributed by atoms with E-state index in [-0.39, 0.29) is 37.7 Å². The first kappa shape index (κ1) is 72.6. The Balaban J connectivity index is 0.000000160. The summed E-state index contributed by atoms with van der Waals surface area (Å²) < 4.78 is 9.70. The molecule has 3 aliphatic rings. The van der Waals surface area contributed by atoms with Gasteiger partial charge in [0.15, 0.2) is 0 Å². The molecule has 0 atom stereocenters. The van der Waals surface area contributed by atoms with Crippen LogP contribution < -0.4 is 4.90 Å². The number of likely N-dealkylation sites (N-methyl/N-ethyl adjacent to an activating group) is 1. The topological polar surface area (TPSA) is 135 Å². The van der Waals surface area contributed by atoms with Crippen LogP contribution in [0.25, 0.3) is 33.4 Å². The molecule has 0 radical (unpaired) electrons. The van der Waals surface area contributed by atoms with Gasteiger partial charge in [-0.1, -0.05) is 202 Å². The van der Waals surface area contributed by atoms with E-state index < -0.39 is 5.60 Å². The Labute approximate surface area is 597 Å². The Morgan fingerprint density at radius 3 is 1.26 bits per heavy atom. The van der Waals surface area contributed by atoms with E-state index in [9.17, 15) is 25.2 Å². The van der Waals surface area contributed by atoms with Crippen molar-refractivity contribution >= 4 is 77.1 Å². The fourth-order valence-electron chi connectivity index (χ4n) is 13.2. The number of halogens is 2. The quantitative estimate of drug-likeness (QED) is 0.0519. The number of piperidine rings is 1. The third kappa shape index (κ3) is 20.0. The highest BCUT2D eigenvalue weighted by Crippen LogP contribution is 2.42. The van der Waals surface area contributed by atoms with E-state index in [4.69, 9.17) is 9.84 Å². The summed E-state index contributed by atoms with van der Waals surface area (Å²) in [5.41, 5.74) is 19.8. The molecule has 8 aromatic carbocycles. The maximum Gasteiger partial charge on any atom is 0.410 e. The van der Waals surface area contributed by atoms with Crippen LogP contribution in [0.5, 0.6) is 5.75 Å². The van der Waals surface area contributed by atoms with Crippen molar-refractivity contribution in [3.05, 3.63) is 289 Å². The second-order valence-electron chi connectivity index (χ2n) is 26.7. The SMILES string of the molecule is CC(C)(C)OC(=O)N1CCC(n2cc(/C(=C(/CCCO)c3ccccc3)c3ccc(O)cc3)cn2)CC1.CN1CCN(c2ccc(/C(=C(/CCCO)c3ccccc3)c3ccc(Br)cc3)cc2)CC1.OCCC/C(=C(\c1ccc(Br)cc1)c1ccc(C2CCC2)cc1)c1ccccc1. The van der Waals surface area contributed by atoms with Gasteiger partial charge in [0.1, 0.15) is 11.4 Å². The van der Waals surface area contributed by atoms with Gasteiger partial charge >= 0.3 is 6.09 Å². The van der Waals surface area contributed by atoms with Crippen LogP contribution in [-0.2, 0) is 4.74 Å². The molecule has 2 saturated heterocycles. The highest BCUT2D eigenvalue weighted by Gasteiger charge is 2.29. The molecule has 3 fully saturated rings. The monoisotopic (exact) mass is 1440 g/mol. The standard InChI is InChI=1S/C30H37N3O4.C28H31BrN2O.C27H27BrO/c1-30(2,3)37-29(36)32-17-15-25(16-18-32)33-21-24(20-31-33)28(23-11-13-26(35)14-12-23)27(10-7-19-34)22-8-5-4-6-9-22;1-30-17-19-31(20-18-30)26-15-11-24(12-16-26)28(23-9-13-25(29)14-10-23)27(8-5-21-32)22-6-3-2-4-7-22;28-25-17-15-24(16-18-25)27(23-13-11-21(12-14-23)20-8-4-9-20)26(10-5-19-29)22-6-2-1-3-7-22/h4-6,8-9,11-14,20-21,25,34-35H,7,10,15-19H2,1-3H3;2-4,6-7,9-16,32H,5,8,17-21H2,1H3;1-3,6-7,11-18,20,29H,4-5,8-10,19H2/b2*28-27-;27-26+. The summed E-state index contributed by atoms with van der Waals surface area (Å²) in [4.78, 5) is 19.1. The number of aliphatic hydroxyl groups excluding tert-OH is 3. The number of rotatable bonds is 21. The van der Waals surface area contributed by atoms with Gasteiger partial charge in [-0.15, -0.1) is 0 Å². The number of aliphatic hydroxyl groups is 3. The van der Waals surface area contributed by atoms with Crippen LogP contribution in [0.3, 0.4) is 0 Å². The Morgan fingerprint density at radius 1 is 0.480 bits per heavy atom. The number of anilines is 1. The molecule has 4 N–H and O–H groups in total. The van der Waals surface area contributed by atoms with Crippen LogP contribution in [0.15, 0.2) is 234 Å². The zero-order chi connectivity index (χ0) is 68.8. The lowest BCUT2D eigenvalue weighted by molar-refractivity contribution is 0.0184. The fourth-order valence-corrected chi connectivity index (χ4v) is 13.7. The number of carbonyl (C=O) groups is 1. The third-order valence-electron chi connectivity index (χ3n) is 18.6. The summed E-state index contributed by atoms with van der Waals surface area (Å²) in [6.07, 6.45) is 13.8. The molecular formula is C85H95Br2N5O6. The van der Waals surface area contributed by atoms with E-state index in [1.165, 1.54) is 86.2 Å². The summed E-state index contributed by atoms with van der Waals surface area (Å²) in [7, 11) is 2.19. The Bertz CT molecular complexity index is 4020. The number of hydrogen-bond donors (Lipinski definition) is 4. The van der Waals surface area contributed by atoms with E-state index in [0.717, 1.165) is 107 Å². The molecule has 1 amide bonds. The Morgan fingerprint density at radius 2 is 0.867 bits per heavy atom. The van der Waals surface area contributed by atoms with Crippen LogP contribution >= 0.6 is 31.9 Å². The van der Waals surface area contributed by atoms with Gasteiger partial charge in [-0.3, -0.25) is 4.68 Å². The number of phenolic OH excluding ortho intramolecular Hbond substituents is 1. The van der Waals surface area contributed by atoms with Crippen molar-refractivity contribution in [3.63, 3.8) is 0 Å². The second-order valence-corrected chi connectivity index (χ2v) is 28.5. The normalized spacial score (nSPS) is 15.3. The van der Waals surface area contributed by atoms with Gasteiger partial charge in [0.2, 0.25) is 0 Å². The number of benzene rings is 8. The number of ether oxygens (including phenoxy) is 1. The van der Waals surface area contributed by atoms with Gasteiger partial charge in [0.25, 0.3) is 0 Å². The zero-order valence-corrected chi connectivity index (χ0v) is 60.4. The van der Waals surface area contributed by atoms with Gasteiger partial charge in [-0.2, -0.15) is 5.10 Å². The highest BCUT2D eigenvalue weighted by molar-refractivity contribution is 9.10. The van der Waals surface area contributed by atoms with Crippen LogP contribution in [0.1, 0.15) is 159 Å². The Hall–Kier alpha value is -8.14. The number of allylic oxidation sites excluding steroid dienone is 3. The number of carbonyl (C=O) groups excluding carboxylic acids is 1. The van der Waals surface area contributed by atoms with Crippen molar-refractivity contribution in [3.8, 4) is 5.75 Å². The first-order valence-electron chi connectivity index (χ1n) is 34.8. The van der Waals surface area contributed by atoms with Crippen LogP contribution in [-0.4, -0.2) is 118 Å². The molecule has 13 heteroatoms. The van der Waals surface area contributed by atoms with Crippen molar-refractivity contribution in [1.82, 2.24) is 19.6 Å². The average Bonchev–Trinajstić information content (AvgIpc) is 1.35. The molecule has 12 rings (SSSR count). The molecule has 1 saturated carbocycles. The number of amides is 1. The number of likely N-dealkylation sites (tertiary alicyclic amines) is 1. The molecule has 9 aromatic rings. The van der Waals surface area contributed by atoms with Crippen molar-refractivity contribution in [2.45, 2.75) is 109 Å². The summed E-state index contributed by atoms with van der Waals surface area (Å²) in [6.45, 7) is 11.7. The molecule has 2 aliphatic heterocycles. The minimum Gasteiger partial charge on any atom is -0.508 e. The zero-order valence-electron chi connectivity index (χ0n) is 57.3. The van der Waals surface area contributed by atoms with Crippen LogP contribution in [0.4, 0.5) is 10.5 Å². The van der Waals surface area contributed by atoms with Gasteiger partial charge in [-0.25, -0.2) is 4.79 Å². The predicted molar refractivity (Wildman–Crippen MR) is 410 cm³/mol. The van der Waals surface area contributed by atoms with Gasteiger partial charge < -0.3 is 39.9 Å². The number of aromatic nitrogens is 2. The predicted octanol–water partition coefficient (Wildman–Crippen LogP) is 19.3. The Kier molecular flexibility index (Phi) is 26.7. The van der Waals surface area contributed by atoms with Gasteiger partial charge in [-0.05, 0) is 230 Å². The summed E-state index contributed by atoms with van der Waals surface area (Å²) in [5, 5.41) is 43.4. The smallest absolute Gasteiger partial charge is 0.410 e. The molecule has 510 valence electrons. The molecule has 0 unspecified atom stereocenters. The van der Waals surface area contributed by atoms with Crippen LogP contribution in [0, 0.1) is 0 Å². The molecular weight excluding hydrogens is 1350 g/mol. The van der Waals surface area contributed by atoms with E-state index in [1.54, 1.807) is 17.0 Å². The van der Waals surface area contributed by atoms with Crippen molar-refractivity contribution in [2.75, 3.05) is 71.0 Å². The number of piperazine rings is 1. The summed E-state index contributed by atoms with van der Waals surface area (Å²) in [5.74, 6) is 0.958. The fraction of sp³-hybridized carbons (Fsp3) is 0.318. The molecule has 3 heterocycles. The minimum absolute atomic E-state index is 0.106. The van der Waals surface area contributed by atoms with Crippen LogP contribution in [0.2, 0.25) is 0 Å². The molecule has 0 bridgehead atoms. The summed E-state index contributed by atoms with van der Waals surface area (Å²) in [6, 6.07) is 74.1. The third-order valence-corrected chi connectivity index (χ3v) is 19.7. The lowest BCUT2D eigenvalue weighted by atomic mass is 9.79. The van der Waals surface area contributed by atoms with E-state index >= 15 is 0 Å². The van der Waals surface area contributed by atoms with Crippen molar-refractivity contribution in [1.29, 1.82) is 0 Å². The van der Waals surface area contributed by atoms with Crippen molar-refractivity contribution < 1.29 is 30.0 Å². The molecule has 1 aliphatic carbocycles. The summed E-state index contributed by atoms with van der Waals surface area (Å²) >= 11 is 7.14. The molecule has 1 aromatic heterocycles. The van der Waals surface area contributed by atoms with E-state index in [1.807, 2.05) is 62.0 Å². The lowest BCUT2D eigenvalue weighted by Crippen LogP contribution is -2.44. The highest BCUT2D eigenvalue weighted by atomic mass is 79.9. The van der Waals surface area contributed by atoms with Gasteiger partial charge in [0.05, 0.1) is 12.2 Å². The number of phenols is 1. The second kappa shape index (κ2) is 36.1. The van der Waals surface area contributed by atoms with Crippen molar-refractivity contribution in [2.24, 2.45) is 0 Å². The lowest BCUT2D eigenvalue weighted by Gasteiger charge is -2.34. The first-order chi connectivity index (χ1) is 47.7. The average molecular weight is 1440 g/mol. The molecule has 11 nitrogen and oxygen atoms in total. The molecule has 0 spiro atoms. The minimum atomic E-state index is -0.506. The first-order valence-corrected chi connectivity index (χ1v) is 36.4. The number of hydrogen-bond acceptors (Lipinski definition) is 9. The van der Waals surface area contributed by atoms with E-state index in [0.29, 0.717) is 25.9 Å². The largest absolute Gasteiger partial charge is 0.508 e. The number of aromatic hydroxyl groups is 1. The maximum atomic E-state index is 12.5.